The zero-order valence-corrected chi connectivity index (χ0v) is 14.8. The van der Waals surface area contributed by atoms with Crippen molar-refractivity contribution in [3.63, 3.8) is 0 Å². The molecule has 5 rings (SSSR count). The van der Waals surface area contributed by atoms with Gasteiger partial charge in [-0.3, -0.25) is 0 Å². The molecular formula is C23H22N2. The monoisotopic (exact) mass is 326 g/mol. The Morgan fingerprint density at radius 1 is 0.680 bits per heavy atom. The predicted octanol–water partition coefficient (Wildman–Crippen LogP) is 5.42. The van der Waals surface area contributed by atoms with Crippen molar-refractivity contribution in [1.82, 2.24) is 0 Å². The lowest BCUT2D eigenvalue weighted by atomic mass is 9.89. The van der Waals surface area contributed by atoms with E-state index in [4.69, 9.17) is 0 Å². The molecule has 0 aliphatic carbocycles. The highest BCUT2D eigenvalue weighted by molar-refractivity contribution is 5.82. The van der Waals surface area contributed by atoms with Crippen LogP contribution >= 0.6 is 0 Å². The first-order chi connectivity index (χ1) is 12.3. The summed E-state index contributed by atoms with van der Waals surface area (Å²) in [6.45, 7) is 3.24. The maximum absolute atomic E-state index is 2.47. The van der Waals surface area contributed by atoms with E-state index in [-0.39, 0.29) is 0 Å². The zero-order valence-electron chi connectivity index (χ0n) is 14.8. The molecule has 0 N–H and O–H groups in total. The van der Waals surface area contributed by atoms with E-state index in [0.717, 1.165) is 19.4 Å². The van der Waals surface area contributed by atoms with Crippen molar-refractivity contribution in [3.05, 3.63) is 82.9 Å². The topological polar surface area (TPSA) is 6.48 Å². The van der Waals surface area contributed by atoms with Gasteiger partial charge in [0.25, 0.3) is 0 Å². The van der Waals surface area contributed by atoms with Crippen LogP contribution in [0.3, 0.4) is 0 Å². The minimum Gasteiger partial charge on any atom is -0.344 e. The van der Waals surface area contributed by atoms with Crippen LogP contribution in [-0.4, -0.2) is 13.6 Å². The molecule has 0 saturated carbocycles. The molecule has 0 atom stereocenters. The van der Waals surface area contributed by atoms with Crippen molar-refractivity contribution in [1.29, 1.82) is 0 Å². The first-order valence-electron chi connectivity index (χ1n) is 9.09. The average Bonchev–Trinajstić information content (AvgIpc) is 2.65. The van der Waals surface area contributed by atoms with Crippen LogP contribution in [0.2, 0.25) is 0 Å². The number of fused-ring (bicyclic) bond motifs is 4. The van der Waals surface area contributed by atoms with E-state index >= 15 is 0 Å². The number of hydrogen-bond acceptors (Lipinski definition) is 2. The van der Waals surface area contributed by atoms with Gasteiger partial charge in [-0.05, 0) is 53.4 Å². The Morgan fingerprint density at radius 2 is 1.24 bits per heavy atom. The normalized spacial score (nSPS) is 14.5. The Balaban J connectivity index is 1.67. The van der Waals surface area contributed by atoms with E-state index in [1.807, 2.05) is 0 Å². The minimum absolute atomic E-state index is 0.995. The second-order valence-electron chi connectivity index (χ2n) is 7.02. The molecule has 0 fully saturated rings. The van der Waals surface area contributed by atoms with Gasteiger partial charge in [0.05, 0.1) is 0 Å². The molecule has 2 nitrogen and oxygen atoms in total. The molecule has 0 amide bonds. The third-order valence-electron chi connectivity index (χ3n) is 5.65. The van der Waals surface area contributed by atoms with Crippen molar-refractivity contribution in [2.75, 3.05) is 23.4 Å². The Kier molecular flexibility index (Phi) is 3.14. The number of anilines is 4. The smallest absolute Gasteiger partial charge is 0.0451 e. The Labute approximate surface area is 149 Å². The minimum atomic E-state index is 0.995. The number of nitrogens with zero attached hydrogens (tertiary/aromatic N) is 2. The first-order valence-corrected chi connectivity index (χ1v) is 9.09. The molecule has 0 saturated heterocycles. The summed E-state index contributed by atoms with van der Waals surface area (Å²) in [6.07, 6.45) is 2.03. The van der Waals surface area contributed by atoms with Gasteiger partial charge in [0.1, 0.15) is 0 Å². The van der Waals surface area contributed by atoms with E-state index < -0.39 is 0 Å². The van der Waals surface area contributed by atoms with Gasteiger partial charge in [0, 0.05) is 49.2 Å². The van der Waals surface area contributed by atoms with Crippen LogP contribution in [0, 0.1) is 0 Å². The molecule has 3 aromatic carbocycles. The number of benzene rings is 3. The van der Waals surface area contributed by atoms with Gasteiger partial charge >= 0.3 is 0 Å². The summed E-state index contributed by atoms with van der Waals surface area (Å²) in [5.41, 5.74) is 11.1. The molecule has 0 radical (unpaired) electrons. The molecular weight excluding hydrogens is 304 g/mol. The standard InChI is InChI=1S/C23H22N2/c1-3-25-21-11-7-5-9-17(21)13-19-14-22-18(15-23(19)25)12-16-8-4-6-10-20(16)24(22)2/h4-11,14-15H,3,12-13H2,1-2H3. The Hall–Kier alpha value is -2.74. The molecule has 0 spiro atoms. The Morgan fingerprint density at radius 3 is 1.96 bits per heavy atom. The fraction of sp³-hybridized carbons (Fsp3) is 0.217. The molecule has 0 unspecified atom stereocenters. The van der Waals surface area contributed by atoms with E-state index in [1.165, 1.54) is 45.0 Å². The summed E-state index contributed by atoms with van der Waals surface area (Å²) >= 11 is 0. The first kappa shape index (κ1) is 14.6. The highest BCUT2D eigenvalue weighted by Crippen LogP contribution is 2.45. The van der Waals surface area contributed by atoms with Gasteiger partial charge in [-0.25, -0.2) is 0 Å². The van der Waals surface area contributed by atoms with E-state index in [0.29, 0.717) is 0 Å². The maximum atomic E-state index is 2.47. The second kappa shape index (κ2) is 5.38. The van der Waals surface area contributed by atoms with Crippen molar-refractivity contribution in [3.8, 4) is 0 Å². The van der Waals surface area contributed by atoms with E-state index in [9.17, 15) is 0 Å². The van der Waals surface area contributed by atoms with Gasteiger partial charge in [0.15, 0.2) is 0 Å². The van der Waals surface area contributed by atoms with E-state index in [1.54, 1.807) is 0 Å². The van der Waals surface area contributed by atoms with Gasteiger partial charge < -0.3 is 9.80 Å². The molecule has 0 bridgehead atoms. The van der Waals surface area contributed by atoms with Crippen LogP contribution in [0.5, 0.6) is 0 Å². The molecule has 0 aromatic heterocycles. The summed E-state index contributed by atoms with van der Waals surface area (Å²) in [4.78, 5) is 4.82. The number of hydrogen-bond donors (Lipinski definition) is 0. The largest absolute Gasteiger partial charge is 0.344 e. The maximum Gasteiger partial charge on any atom is 0.0451 e. The van der Waals surface area contributed by atoms with Gasteiger partial charge in [0.2, 0.25) is 0 Å². The van der Waals surface area contributed by atoms with E-state index in [2.05, 4.69) is 84.4 Å². The lowest BCUT2D eigenvalue weighted by molar-refractivity contribution is 0.949. The number of para-hydroxylation sites is 2. The SMILES string of the molecule is CCN1c2ccccc2Cc2cc3c(cc21)Cc1ccccc1N3C. The van der Waals surface area contributed by atoms with Crippen molar-refractivity contribution < 1.29 is 0 Å². The van der Waals surface area contributed by atoms with Crippen LogP contribution in [0.15, 0.2) is 60.7 Å². The molecule has 2 heterocycles. The average molecular weight is 326 g/mol. The van der Waals surface area contributed by atoms with Crippen LogP contribution in [0.4, 0.5) is 22.7 Å². The lowest BCUT2D eigenvalue weighted by Gasteiger charge is -2.36. The van der Waals surface area contributed by atoms with Crippen molar-refractivity contribution in [2.24, 2.45) is 0 Å². The molecule has 2 aliphatic rings. The summed E-state index contributed by atoms with van der Waals surface area (Å²) < 4.78 is 0. The highest BCUT2D eigenvalue weighted by atomic mass is 15.1. The molecule has 2 heteroatoms. The summed E-state index contributed by atoms with van der Waals surface area (Å²) in [5.74, 6) is 0. The third kappa shape index (κ3) is 2.10. The summed E-state index contributed by atoms with van der Waals surface area (Å²) in [6, 6.07) is 22.4. The molecule has 3 aromatic rings. The van der Waals surface area contributed by atoms with Crippen molar-refractivity contribution in [2.45, 2.75) is 19.8 Å². The van der Waals surface area contributed by atoms with Gasteiger partial charge in [-0.1, -0.05) is 36.4 Å². The molecule has 124 valence electrons. The fourth-order valence-corrected chi connectivity index (χ4v) is 4.43. The molecule has 2 aliphatic heterocycles. The fourth-order valence-electron chi connectivity index (χ4n) is 4.43. The summed E-state index contributed by atoms with van der Waals surface area (Å²) in [5, 5.41) is 0. The third-order valence-corrected chi connectivity index (χ3v) is 5.65. The Bertz CT molecular complexity index is 974. The lowest BCUT2D eigenvalue weighted by Crippen LogP contribution is -2.25. The van der Waals surface area contributed by atoms with Crippen LogP contribution in [0.25, 0.3) is 0 Å². The highest BCUT2D eigenvalue weighted by Gasteiger charge is 2.26. The zero-order chi connectivity index (χ0) is 17.0. The predicted molar refractivity (Wildman–Crippen MR) is 106 cm³/mol. The van der Waals surface area contributed by atoms with Crippen molar-refractivity contribution >= 4 is 22.7 Å². The molecule has 25 heavy (non-hydrogen) atoms. The second-order valence-corrected chi connectivity index (χ2v) is 7.02. The van der Waals surface area contributed by atoms with Gasteiger partial charge in [-0.2, -0.15) is 0 Å². The van der Waals surface area contributed by atoms with Crippen LogP contribution in [0.1, 0.15) is 29.2 Å². The summed E-state index contributed by atoms with van der Waals surface area (Å²) in [7, 11) is 2.19. The van der Waals surface area contributed by atoms with Crippen LogP contribution < -0.4 is 9.80 Å². The number of rotatable bonds is 1. The van der Waals surface area contributed by atoms with Crippen LogP contribution in [-0.2, 0) is 12.8 Å². The van der Waals surface area contributed by atoms with Gasteiger partial charge in [-0.15, -0.1) is 0 Å². The quantitative estimate of drug-likeness (QED) is 0.589.